The summed E-state index contributed by atoms with van der Waals surface area (Å²) >= 11 is 0. The highest BCUT2D eigenvalue weighted by molar-refractivity contribution is 5.13. The number of furan rings is 1. The van der Waals surface area contributed by atoms with Gasteiger partial charge in [-0.1, -0.05) is 0 Å². The first-order valence-corrected chi connectivity index (χ1v) is 6.15. The third-order valence-electron chi connectivity index (χ3n) is 3.58. The molecule has 0 spiro atoms. The van der Waals surface area contributed by atoms with Gasteiger partial charge in [0.15, 0.2) is 0 Å². The molecule has 1 aromatic rings. The first kappa shape index (κ1) is 11.7. The van der Waals surface area contributed by atoms with Crippen molar-refractivity contribution < 1.29 is 4.42 Å². The second-order valence-corrected chi connectivity index (χ2v) is 5.01. The maximum absolute atomic E-state index is 5.86. The Kier molecular flexibility index (Phi) is 3.36. The molecule has 1 saturated heterocycles. The molecule has 0 aliphatic carbocycles. The molecule has 0 bridgehead atoms. The number of hydrogen-bond acceptors (Lipinski definition) is 3. The van der Waals surface area contributed by atoms with E-state index < -0.39 is 0 Å². The minimum atomic E-state index is 0.374. The molecule has 2 rings (SSSR count). The maximum atomic E-state index is 5.86. The second kappa shape index (κ2) is 4.60. The van der Waals surface area contributed by atoms with Crippen LogP contribution in [0, 0.1) is 12.8 Å². The molecular formula is C13H22N2O. The first-order chi connectivity index (χ1) is 7.63. The average molecular weight is 222 g/mol. The summed E-state index contributed by atoms with van der Waals surface area (Å²) in [4.78, 5) is 2.50. The summed E-state index contributed by atoms with van der Waals surface area (Å²) in [5.41, 5.74) is 5.86. The minimum absolute atomic E-state index is 0.374. The van der Waals surface area contributed by atoms with Gasteiger partial charge >= 0.3 is 0 Å². The van der Waals surface area contributed by atoms with Crippen LogP contribution in [-0.4, -0.2) is 24.0 Å². The number of aryl methyl sites for hydroxylation is 1. The number of nitrogens with zero attached hydrogens (tertiary/aromatic N) is 1. The predicted octanol–water partition coefficient (Wildman–Crippen LogP) is 2.32. The zero-order chi connectivity index (χ0) is 11.7. The van der Waals surface area contributed by atoms with Crippen molar-refractivity contribution in [1.29, 1.82) is 0 Å². The molecule has 0 radical (unpaired) electrons. The molecule has 0 saturated carbocycles. The Balaban J connectivity index is 2.25. The average Bonchev–Trinajstić information content (AvgIpc) is 2.82. The summed E-state index contributed by atoms with van der Waals surface area (Å²) in [6, 6.07) is 5.06. The first-order valence-electron chi connectivity index (χ1n) is 6.15. The van der Waals surface area contributed by atoms with E-state index in [0.29, 0.717) is 18.0 Å². The van der Waals surface area contributed by atoms with Gasteiger partial charge in [-0.05, 0) is 58.3 Å². The van der Waals surface area contributed by atoms with Crippen LogP contribution >= 0.6 is 0 Å². The molecular weight excluding hydrogens is 200 g/mol. The van der Waals surface area contributed by atoms with E-state index in [9.17, 15) is 0 Å². The van der Waals surface area contributed by atoms with Crippen LogP contribution < -0.4 is 5.73 Å². The van der Waals surface area contributed by atoms with Gasteiger partial charge in [0, 0.05) is 6.04 Å². The van der Waals surface area contributed by atoms with Gasteiger partial charge in [0.25, 0.3) is 0 Å². The smallest absolute Gasteiger partial charge is 0.121 e. The van der Waals surface area contributed by atoms with Crippen molar-refractivity contribution in [2.24, 2.45) is 11.7 Å². The Bertz CT molecular complexity index is 345. The molecule has 2 unspecified atom stereocenters. The monoisotopic (exact) mass is 222 g/mol. The fourth-order valence-corrected chi connectivity index (χ4v) is 2.72. The summed E-state index contributed by atoms with van der Waals surface area (Å²) in [6.07, 6.45) is 1.18. The van der Waals surface area contributed by atoms with Crippen molar-refractivity contribution in [1.82, 2.24) is 4.90 Å². The van der Waals surface area contributed by atoms with Crippen LogP contribution in [0.25, 0.3) is 0 Å². The van der Waals surface area contributed by atoms with E-state index in [2.05, 4.69) is 24.8 Å². The topological polar surface area (TPSA) is 42.4 Å². The summed E-state index contributed by atoms with van der Waals surface area (Å²) in [6.45, 7) is 8.34. The van der Waals surface area contributed by atoms with E-state index in [1.807, 2.05) is 13.0 Å². The van der Waals surface area contributed by atoms with Crippen molar-refractivity contribution in [3.05, 3.63) is 23.7 Å². The fraction of sp³-hybridized carbons (Fsp3) is 0.692. The van der Waals surface area contributed by atoms with Gasteiger partial charge in [-0.2, -0.15) is 0 Å². The number of hydrogen-bond donors (Lipinski definition) is 1. The third-order valence-corrected chi connectivity index (χ3v) is 3.58. The molecule has 2 heterocycles. The molecule has 3 heteroatoms. The van der Waals surface area contributed by atoms with Crippen LogP contribution in [0.5, 0.6) is 0 Å². The van der Waals surface area contributed by atoms with Gasteiger partial charge in [0.1, 0.15) is 11.5 Å². The van der Waals surface area contributed by atoms with Crippen molar-refractivity contribution in [3.8, 4) is 0 Å². The highest BCUT2D eigenvalue weighted by atomic mass is 16.3. The van der Waals surface area contributed by atoms with Crippen LogP contribution in [0.3, 0.4) is 0 Å². The van der Waals surface area contributed by atoms with Crippen LogP contribution in [0.15, 0.2) is 16.5 Å². The molecule has 16 heavy (non-hydrogen) atoms. The van der Waals surface area contributed by atoms with Crippen molar-refractivity contribution >= 4 is 0 Å². The van der Waals surface area contributed by atoms with Crippen LogP contribution in [-0.2, 0) is 0 Å². The highest BCUT2D eigenvalue weighted by Gasteiger charge is 2.37. The normalized spacial score (nSPS) is 26.8. The van der Waals surface area contributed by atoms with Crippen molar-refractivity contribution in [2.75, 3.05) is 13.1 Å². The molecule has 90 valence electrons. The molecule has 1 aliphatic rings. The van der Waals surface area contributed by atoms with E-state index >= 15 is 0 Å². The number of rotatable bonds is 3. The number of likely N-dealkylation sites (tertiary alicyclic amines) is 1. The predicted molar refractivity (Wildman–Crippen MR) is 65.2 cm³/mol. The van der Waals surface area contributed by atoms with Gasteiger partial charge in [0.2, 0.25) is 0 Å². The Hall–Kier alpha value is -0.800. The largest absolute Gasteiger partial charge is 0.465 e. The van der Waals surface area contributed by atoms with Gasteiger partial charge in [-0.3, -0.25) is 4.90 Å². The molecule has 2 atom stereocenters. The quantitative estimate of drug-likeness (QED) is 0.853. The molecule has 1 aliphatic heterocycles. The molecule has 2 N–H and O–H groups in total. The van der Waals surface area contributed by atoms with Crippen molar-refractivity contribution in [3.63, 3.8) is 0 Å². The summed E-state index contributed by atoms with van der Waals surface area (Å²) in [7, 11) is 0. The van der Waals surface area contributed by atoms with Crippen LogP contribution in [0.1, 0.15) is 37.8 Å². The maximum Gasteiger partial charge on any atom is 0.121 e. The van der Waals surface area contributed by atoms with Crippen molar-refractivity contribution in [2.45, 2.75) is 39.3 Å². The van der Waals surface area contributed by atoms with Gasteiger partial charge in [-0.25, -0.2) is 0 Å². The minimum Gasteiger partial charge on any atom is -0.465 e. The Morgan fingerprint density at radius 1 is 1.50 bits per heavy atom. The lowest BCUT2D eigenvalue weighted by atomic mass is 9.98. The molecule has 1 fully saturated rings. The standard InChI is InChI=1S/C13H22N2O/c1-9(2)15-7-6-11(8-14)13(15)12-5-4-10(3)16-12/h4-5,9,11,13H,6-8,14H2,1-3H3. The zero-order valence-electron chi connectivity index (χ0n) is 10.4. The van der Waals surface area contributed by atoms with Crippen LogP contribution in [0.2, 0.25) is 0 Å². The van der Waals surface area contributed by atoms with E-state index in [4.69, 9.17) is 10.2 Å². The lowest BCUT2D eigenvalue weighted by Crippen LogP contribution is -2.33. The summed E-state index contributed by atoms with van der Waals surface area (Å²) in [5, 5.41) is 0. The lowest BCUT2D eigenvalue weighted by molar-refractivity contribution is 0.161. The van der Waals surface area contributed by atoms with E-state index in [1.54, 1.807) is 0 Å². The second-order valence-electron chi connectivity index (χ2n) is 5.01. The van der Waals surface area contributed by atoms with E-state index in [1.165, 1.54) is 6.42 Å². The van der Waals surface area contributed by atoms with Crippen LogP contribution in [0.4, 0.5) is 0 Å². The molecule has 3 nitrogen and oxygen atoms in total. The Labute approximate surface area is 97.6 Å². The highest BCUT2D eigenvalue weighted by Crippen LogP contribution is 2.38. The van der Waals surface area contributed by atoms with Gasteiger partial charge in [-0.15, -0.1) is 0 Å². The third kappa shape index (κ3) is 2.02. The molecule has 1 aromatic heterocycles. The Morgan fingerprint density at radius 3 is 2.75 bits per heavy atom. The van der Waals surface area contributed by atoms with Gasteiger partial charge < -0.3 is 10.2 Å². The van der Waals surface area contributed by atoms with E-state index in [0.717, 1.165) is 24.6 Å². The SMILES string of the molecule is Cc1ccc(C2C(CN)CCN2C(C)C)o1. The number of nitrogens with two attached hydrogens (primary N) is 1. The fourth-order valence-electron chi connectivity index (χ4n) is 2.72. The van der Waals surface area contributed by atoms with Gasteiger partial charge in [0.05, 0.1) is 6.04 Å². The molecule has 0 aromatic carbocycles. The molecule has 0 amide bonds. The summed E-state index contributed by atoms with van der Waals surface area (Å²) in [5.74, 6) is 2.61. The van der Waals surface area contributed by atoms with E-state index in [-0.39, 0.29) is 0 Å². The summed E-state index contributed by atoms with van der Waals surface area (Å²) < 4.78 is 5.78. The lowest BCUT2D eigenvalue weighted by Gasteiger charge is -2.29. The zero-order valence-corrected chi connectivity index (χ0v) is 10.4. The Morgan fingerprint density at radius 2 is 2.25 bits per heavy atom.